The fourth-order valence-electron chi connectivity index (χ4n) is 2.60. The van der Waals surface area contributed by atoms with Crippen molar-refractivity contribution in [1.29, 1.82) is 5.26 Å². The maximum absolute atomic E-state index is 13.9. The largest absolute Gasteiger partial charge is 0.313 e. The van der Waals surface area contributed by atoms with Gasteiger partial charge in [0, 0.05) is 24.7 Å². The van der Waals surface area contributed by atoms with E-state index in [0.29, 0.717) is 18.2 Å². The molecule has 1 aliphatic rings. The second-order valence-electron chi connectivity index (χ2n) is 5.23. The molecular formula is C15H20FN3. The monoisotopic (exact) mass is 261 g/mol. The number of piperidine rings is 1. The molecule has 0 aliphatic carbocycles. The van der Waals surface area contributed by atoms with Gasteiger partial charge in [0.1, 0.15) is 11.9 Å². The van der Waals surface area contributed by atoms with Gasteiger partial charge in [0.05, 0.1) is 5.56 Å². The summed E-state index contributed by atoms with van der Waals surface area (Å²) in [6.45, 7) is 2.53. The van der Waals surface area contributed by atoms with Crippen LogP contribution in [0.2, 0.25) is 0 Å². The van der Waals surface area contributed by atoms with E-state index in [0.717, 1.165) is 13.1 Å². The third-order valence-electron chi connectivity index (χ3n) is 3.58. The number of rotatable bonds is 4. The lowest BCUT2D eigenvalue weighted by molar-refractivity contribution is 0.254. The minimum atomic E-state index is -0.381. The molecule has 0 spiro atoms. The summed E-state index contributed by atoms with van der Waals surface area (Å²) in [6, 6.07) is 7.39. The molecule has 1 N–H and O–H groups in total. The molecule has 19 heavy (non-hydrogen) atoms. The number of likely N-dealkylation sites (N-methyl/N-ethyl adjacent to an activating group) is 1. The van der Waals surface area contributed by atoms with Gasteiger partial charge in [-0.05, 0) is 32.5 Å². The molecule has 2 rings (SSSR count). The Bertz CT molecular complexity index is 461. The van der Waals surface area contributed by atoms with Gasteiger partial charge in [-0.2, -0.15) is 5.26 Å². The minimum Gasteiger partial charge on any atom is -0.313 e. The zero-order valence-corrected chi connectivity index (χ0v) is 11.3. The number of hydrogen-bond acceptors (Lipinski definition) is 3. The molecule has 0 amide bonds. The van der Waals surface area contributed by atoms with Crippen molar-refractivity contribution in [3.05, 3.63) is 35.1 Å². The number of nitriles is 1. The lowest BCUT2D eigenvalue weighted by Crippen LogP contribution is -2.42. The molecule has 3 nitrogen and oxygen atoms in total. The lowest BCUT2D eigenvalue weighted by Gasteiger charge is -2.28. The van der Waals surface area contributed by atoms with Crippen LogP contribution in [0.25, 0.3) is 0 Å². The average molecular weight is 261 g/mol. The Kier molecular flexibility index (Phi) is 4.89. The van der Waals surface area contributed by atoms with Crippen LogP contribution >= 0.6 is 0 Å². The van der Waals surface area contributed by atoms with E-state index in [1.807, 2.05) is 13.1 Å². The van der Waals surface area contributed by atoms with Gasteiger partial charge >= 0.3 is 0 Å². The second kappa shape index (κ2) is 6.65. The molecule has 1 aromatic rings. The summed E-state index contributed by atoms with van der Waals surface area (Å²) in [5.74, 6) is -0.381. The smallest absolute Gasteiger partial charge is 0.145 e. The Labute approximate surface area is 114 Å². The zero-order chi connectivity index (χ0) is 13.7. The van der Waals surface area contributed by atoms with Gasteiger partial charge in [-0.25, -0.2) is 4.39 Å². The number of nitrogens with zero attached hydrogens (tertiary/aromatic N) is 2. The molecule has 102 valence electrons. The molecule has 0 aromatic heterocycles. The van der Waals surface area contributed by atoms with E-state index in [1.54, 1.807) is 12.1 Å². The van der Waals surface area contributed by atoms with E-state index in [-0.39, 0.29) is 11.4 Å². The molecule has 0 radical (unpaired) electrons. The van der Waals surface area contributed by atoms with Gasteiger partial charge in [-0.3, -0.25) is 0 Å². The maximum atomic E-state index is 13.9. The Balaban J connectivity index is 1.95. The molecule has 1 heterocycles. The van der Waals surface area contributed by atoms with Crippen molar-refractivity contribution in [2.24, 2.45) is 0 Å². The van der Waals surface area contributed by atoms with Crippen LogP contribution < -0.4 is 5.32 Å². The lowest BCUT2D eigenvalue weighted by atomic mass is 10.0. The third kappa shape index (κ3) is 3.76. The van der Waals surface area contributed by atoms with Crippen molar-refractivity contribution < 1.29 is 4.39 Å². The number of hydrogen-bond donors (Lipinski definition) is 1. The normalized spacial score (nSPS) is 19.4. The topological polar surface area (TPSA) is 39.1 Å². The highest BCUT2D eigenvalue weighted by molar-refractivity contribution is 5.34. The van der Waals surface area contributed by atoms with Crippen molar-refractivity contribution >= 4 is 0 Å². The molecule has 0 bridgehead atoms. The van der Waals surface area contributed by atoms with Gasteiger partial charge in [0.15, 0.2) is 0 Å². The molecular weight excluding hydrogens is 241 g/mol. The maximum Gasteiger partial charge on any atom is 0.145 e. The number of halogens is 1. The van der Waals surface area contributed by atoms with Gasteiger partial charge in [-0.15, -0.1) is 0 Å². The van der Waals surface area contributed by atoms with E-state index < -0.39 is 0 Å². The van der Waals surface area contributed by atoms with Gasteiger partial charge < -0.3 is 10.2 Å². The van der Waals surface area contributed by atoms with Crippen molar-refractivity contribution in [3.8, 4) is 6.07 Å². The highest BCUT2D eigenvalue weighted by Crippen LogP contribution is 2.15. The van der Waals surface area contributed by atoms with Crippen LogP contribution in [0, 0.1) is 17.1 Å². The predicted molar refractivity (Wildman–Crippen MR) is 73.1 cm³/mol. The van der Waals surface area contributed by atoms with E-state index in [9.17, 15) is 4.39 Å². The van der Waals surface area contributed by atoms with Crippen molar-refractivity contribution in [3.63, 3.8) is 0 Å². The van der Waals surface area contributed by atoms with E-state index >= 15 is 0 Å². The fourth-order valence-corrected chi connectivity index (χ4v) is 2.60. The van der Waals surface area contributed by atoms with Crippen LogP contribution in [-0.4, -0.2) is 31.1 Å². The zero-order valence-electron chi connectivity index (χ0n) is 11.3. The molecule has 1 aliphatic heterocycles. The van der Waals surface area contributed by atoms with Crippen molar-refractivity contribution in [1.82, 2.24) is 10.2 Å². The molecule has 0 saturated carbocycles. The molecule has 1 saturated heterocycles. The highest BCUT2D eigenvalue weighted by atomic mass is 19.1. The van der Waals surface area contributed by atoms with Crippen LogP contribution in [-0.2, 0) is 6.54 Å². The Morgan fingerprint density at radius 2 is 2.32 bits per heavy atom. The first kappa shape index (κ1) is 14.0. The fraction of sp³-hybridized carbons (Fsp3) is 0.533. The van der Waals surface area contributed by atoms with Crippen LogP contribution in [0.4, 0.5) is 4.39 Å². The summed E-state index contributed by atoms with van der Waals surface area (Å²) in [6.07, 6.45) is 3.70. The Morgan fingerprint density at radius 1 is 1.47 bits per heavy atom. The molecule has 1 unspecified atom stereocenters. The van der Waals surface area contributed by atoms with Crippen LogP contribution in [0.3, 0.4) is 0 Å². The van der Waals surface area contributed by atoms with E-state index in [2.05, 4.69) is 10.2 Å². The highest BCUT2D eigenvalue weighted by Gasteiger charge is 2.16. The summed E-state index contributed by atoms with van der Waals surface area (Å²) >= 11 is 0. The first-order valence-electron chi connectivity index (χ1n) is 6.80. The van der Waals surface area contributed by atoms with Gasteiger partial charge in [0.2, 0.25) is 0 Å². The predicted octanol–water partition coefficient (Wildman–Crippen LogP) is 2.27. The molecule has 1 aromatic carbocycles. The average Bonchev–Trinajstić information content (AvgIpc) is 2.42. The van der Waals surface area contributed by atoms with Crippen LogP contribution in [0.5, 0.6) is 0 Å². The van der Waals surface area contributed by atoms with Gasteiger partial charge in [0.25, 0.3) is 0 Å². The summed E-state index contributed by atoms with van der Waals surface area (Å²) in [5, 5.41) is 12.3. The minimum absolute atomic E-state index is 0.127. The summed E-state index contributed by atoms with van der Waals surface area (Å²) in [5.41, 5.74) is 0.721. The first-order chi connectivity index (χ1) is 9.20. The van der Waals surface area contributed by atoms with E-state index in [1.165, 1.54) is 25.3 Å². The van der Waals surface area contributed by atoms with Crippen LogP contribution in [0.1, 0.15) is 30.4 Å². The summed E-state index contributed by atoms with van der Waals surface area (Å²) < 4.78 is 13.9. The molecule has 1 atom stereocenters. The number of benzene rings is 1. The molecule has 4 heteroatoms. The van der Waals surface area contributed by atoms with Crippen molar-refractivity contribution in [2.45, 2.75) is 31.8 Å². The quantitative estimate of drug-likeness (QED) is 0.903. The number of nitrogens with one attached hydrogen (secondary N) is 1. The van der Waals surface area contributed by atoms with Crippen LogP contribution in [0.15, 0.2) is 18.2 Å². The second-order valence-corrected chi connectivity index (χ2v) is 5.23. The summed E-state index contributed by atoms with van der Waals surface area (Å²) in [7, 11) is 1.99. The van der Waals surface area contributed by atoms with Crippen molar-refractivity contribution in [2.75, 3.05) is 20.1 Å². The molecule has 1 fully saturated rings. The Morgan fingerprint density at radius 3 is 3.00 bits per heavy atom. The Hall–Kier alpha value is -1.44. The van der Waals surface area contributed by atoms with Gasteiger partial charge in [-0.1, -0.05) is 18.6 Å². The standard InChI is InChI=1S/C15H20FN3/c1-19(11-14-7-2-3-8-18-14)10-13-6-4-5-12(9-17)15(13)16/h4-6,14,18H,2-3,7-8,10-11H2,1H3. The third-order valence-corrected chi connectivity index (χ3v) is 3.58. The summed E-state index contributed by atoms with van der Waals surface area (Å²) in [4.78, 5) is 2.11. The SMILES string of the molecule is CN(Cc1cccc(C#N)c1F)CC1CCCCN1. The van der Waals surface area contributed by atoms with E-state index in [4.69, 9.17) is 5.26 Å². The first-order valence-corrected chi connectivity index (χ1v) is 6.80.